The molecule has 0 saturated carbocycles. The van der Waals surface area contributed by atoms with Gasteiger partial charge in [-0.25, -0.2) is 9.59 Å². The quantitative estimate of drug-likeness (QED) is 0.615. The van der Waals surface area contributed by atoms with Crippen molar-refractivity contribution in [3.8, 4) is 0 Å². The van der Waals surface area contributed by atoms with E-state index in [0.717, 1.165) is 5.56 Å². The Morgan fingerprint density at radius 1 is 1.14 bits per heavy atom. The second kappa shape index (κ2) is 8.81. The van der Waals surface area contributed by atoms with Gasteiger partial charge in [0.1, 0.15) is 0 Å². The van der Waals surface area contributed by atoms with Crippen molar-refractivity contribution in [3.05, 3.63) is 35.9 Å². The minimum Gasteiger partial charge on any atom is -0.450 e. The van der Waals surface area contributed by atoms with E-state index in [1.165, 1.54) is 0 Å². The van der Waals surface area contributed by atoms with Gasteiger partial charge < -0.3 is 14.6 Å². The van der Waals surface area contributed by atoms with Crippen LogP contribution in [0, 0.1) is 5.92 Å². The molecule has 0 aliphatic carbocycles. The van der Waals surface area contributed by atoms with Crippen LogP contribution in [0.1, 0.15) is 32.3 Å². The van der Waals surface area contributed by atoms with Gasteiger partial charge in [-0.05, 0) is 24.3 Å². The van der Waals surface area contributed by atoms with Crippen molar-refractivity contribution < 1.29 is 29.0 Å². The molecule has 1 aromatic rings. The summed E-state index contributed by atoms with van der Waals surface area (Å²) in [5, 5.41) is 8.51. The van der Waals surface area contributed by atoms with Gasteiger partial charge in [-0.1, -0.05) is 44.2 Å². The summed E-state index contributed by atoms with van der Waals surface area (Å²) in [6, 6.07) is 9.31. The average molecular weight is 308 g/mol. The number of hydrogen-bond donors (Lipinski definition) is 1. The van der Waals surface area contributed by atoms with E-state index in [2.05, 4.69) is 4.74 Å². The van der Waals surface area contributed by atoms with Crippen LogP contribution >= 0.6 is 0 Å². The maximum Gasteiger partial charge on any atom is 0.513 e. The molecule has 0 aliphatic rings. The Balaban J connectivity index is 2.66. The normalized spacial score (nSPS) is 11.8. The van der Waals surface area contributed by atoms with Crippen LogP contribution in [-0.4, -0.2) is 29.3 Å². The molecule has 0 spiro atoms. The molecule has 6 heteroatoms. The van der Waals surface area contributed by atoms with E-state index in [4.69, 9.17) is 9.84 Å². The summed E-state index contributed by atoms with van der Waals surface area (Å²) in [5.74, 6) is -1.53. The molecule has 0 aliphatic heterocycles. The highest BCUT2D eigenvalue weighted by Crippen LogP contribution is 2.12. The molecule has 1 rings (SSSR count). The van der Waals surface area contributed by atoms with E-state index >= 15 is 0 Å². The predicted octanol–water partition coefficient (Wildman–Crippen LogP) is 2.80. The molecule has 0 saturated heterocycles. The van der Waals surface area contributed by atoms with Crippen LogP contribution in [0.15, 0.2) is 30.3 Å². The largest absolute Gasteiger partial charge is 0.513 e. The summed E-state index contributed by atoms with van der Waals surface area (Å²) >= 11 is 0. The van der Waals surface area contributed by atoms with Crippen molar-refractivity contribution in [2.45, 2.75) is 39.2 Å². The van der Waals surface area contributed by atoms with Gasteiger partial charge >= 0.3 is 18.1 Å². The van der Waals surface area contributed by atoms with Crippen LogP contribution in [0.3, 0.4) is 0 Å². The number of hydrogen-bond acceptors (Lipinski definition) is 5. The molecule has 0 bridgehead atoms. The number of carbonyl (C=O) groups excluding carboxylic acids is 2. The molecular weight excluding hydrogens is 288 g/mol. The van der Waals surface area contributed by atoms with E-state index in [-0.39, 0.29) is 18.8 Å². The van der Waals surface area contributed by atoms with E-state index in [1.807, 2.05) is 44.2 Å². The number of ether oxygens (including phenoxy) is 2. The minimum absolute atomic E-state index is 0.0813. The third kappa shape index (κ3) is 6.88. The van der Waals surface area contributed by atoms with E-state index in [0.29, 0.717) is 6.42 Å². The molecule has 120 valence electrons. The summed E-state index contributed by atoms with van der Waals surface area (Å²) in [6.45, 7) is 3.69. The highest BCUT2D eigenvalue weighted by molar-refractivity contribution is 5.86. The Hall–Kier alpha value is -2.37. The molecule has 0 aromatic heterocycles. The average Bonchev–Trinajstić information content (AvgIpc) is 2.42. The molecule has 1 N–H and O–H groups in total. The van der Waals surface area contributed by atoms with Crippen molar-refractivity contribution >= 4 is 18.1 Å². The number of rotatable bonds is 7. The Bertz CT molecular complexity index is 509. The van der Waals surface area contributed by atoms with Gasteiger partial charge in [0.2, 0.25) is 0 Å². The second-order valence-electron chi connectivity index (χ2n) is 5.29. The van der Waals surface area contributed by atoms with Gasteiger partial charge in [-0.2, -0.15) is 0 Å². The second-order valence-corrected chi connectivity index (χ2v) is 5.29. The molecule has 0 radical (unpaired) electrons. The zero-order chi connectivity index (χ0) is 16.5. The van der Waals surface area contributed by atoms with Gasteiger partial charge in [0, 0.05) is 6.42 Å². The zero-order valence-corrected chi connectivity index (χ0v) is 12.7. The van der Waals surface area contributed by atoms with Gasteiger partial charge in [-0.3, -0.25) is 4.79 Å². The Labute approximate surface area is 129 Å². The lowest BCUT2D eigenvalue weighted by Crippen LogP contribution is -2.31. The number of aryl methyl sites for hydroxylation is 1. The molecule has 1 aromatic carbocycles. The van der Waals surface area contributed by atoms with Crippen LogP contribution in [0.5, 0.6) is 0 Å². The Morgan fingerprint density at radius 2 is 1.77 bits per heavy atom. The van der Waals surface area contributed by atoms with Crippen LogP contribution < -0.4 is 0 Å². The standard InChI is InChI=1S/C16H20O6/c1-11(2)10-14(17)21-13(15(18)22-16(19)20)9-8-12-6-4-3-5-7-12/h3-7,11,13H,8-10H2,1-2H3,(H,19,20)/t13-/m1/s1. The monoisotopic (exact) mass is 308 g/mol. The van der Waals surface area contributed by atoms with Gasteiger partial charge in [0.25, 0.3) is 0 Å². The molecule has 0 unspecified atom stereocenters. The van der Waals surface area contributed by atoms with Crippen molar-refractivity contribution in [1.82, 2.24) is 0 Å². The molecular formula is C16H20O6. The Morgan fingerprint density at radius 3 is 2.32 bits per heavy atom. The fraction of sp³-hybridized carbons (Fsp3) is 0.438. The molecule has 0 fully saturated rings. The number of carboxylic acid groups (broad SMARTS) is 1. The van der Waals surface area contributed by atoms with Crippen molar-refractivity contribution in [2.24, 2.45) is 5.92 Å². The summed E-state index contributed by atoms with van der Waals surface area (Å²) in [5.41, 5.74) is 0.954. The molecule has 0 amide bonds. The molecule has 0 heterocycles. The van der Waals surface area contributed by atoms with Crippen LogP contribution in [0.2, 0.25) is 0 Å². The fourth-order valence-electron chi connectivity index (χ4n) is 1.86. The number of esters is 2. The van der Waals surface area contributed by atoms with E-state index in [9.17, 15) is 14.4 Å². The molecule has 6 nitrogen and oxygen atoms in total. The van der Waals surface area contributed by atoms with Gasteiger partial charge in [0.15, 0.2) is 6.10 Å². The van der Waals surface area contributed by atoms with Crippen molar-refractivity contribution in [1.29, 1.82) is 0 Å². The maximum atomic E-state index is 11.7. The molecule has 22 heavy (non-hydrogen) atoms. The first-order valence-electron chi connectivity index (χ1n) is 7.06. The smallest absolute Gasteiger partial charge is 0.450 e. The highest BCUT2D eigenvalue weighted by Gasteiger charge is 2.26. The van der Waals surface area contributed by atoms with Crippen LogP contribution in [-0.2, 0) is 25.5 Å². The number of carbonyl (C=O) groups is 3. The third-order valence-electron chi connectivity index (χ3n) is 2.84. The highest BCUT2D eigenvalue weighted by atomic mass is 16.7. The minimum atomic E-state index is -1.71. The summed E-state index contributed by atoms with van der Waals surface area (Å²) in [6.07, 6.45) is -2.14. The first-order chi connectivity index (χ1) is 10.4. The van der Waals surface area contributed by atoms with Crippen molar-refractivity contribution in [3.63, 3.8) is 0 Å². The fourth-order valence-corrected chi connectivity index (χ4v) is 1.86. The van der Waals surface area contributed by atoms with E-state index < -0.39 is 24.2 Å². The van der Waals surface area contributed by atoms with Gasteiger partial charge in [0.05, 0.1) is 0 Å². The van der Waals surface area contributed by atoms with E-state index in [1.54, 1.807) is 0 Å². The lowest BCUT2D eigenvalue weighted by atomic mass is 10.1. The third-order valence-corrected chi connectivity index (χ3v) is 2.84. The predicted molar refractivity (Wildman–Crippen MR) is 78.2 cm³/mol. The first kappa shape index (κ1) is 17.7. The lowest BCUT2D eigenvalue weighted by Gasteiger charge is -2.16. The SMILES string of the molecule is CC(C)CC(=O)O[C@H](CCc1ccccc1)C(=O)OC(=O)O. The number of benzene rings is 1. The lowest BCUT2D eigenvalue weighted by molar-refractivity contribution is -0.166. The topological polar surface area (TPSA) is 89.9 Å². The van der Waals surface area contributed by atoms with Crippen LogP contribution in [0.4, 0.5) is 4.79 Å². The Kier molecular flexibility index (Phi) is 7.08. The van der Waals surface area contributed by atoms with Crippen LogP contribution in [0.25, 0.3) is 0 Å². The summed E-state index contributed by atoms with van der Waals surface area (Å²) in [4.78, 5) is 33.9. The maximum absolute atomic E-state index is 11.7. The summed E-state index contributed by atoms with van der Waals surface area (Å²) in [7, 11) is 0. The first-order valence-corrected chi connectivity index (χ1v) is 7.06. The summed E-state index contributed by atoms with van der Waals surface area (Å²) < 4.78 is 9.18. The zero-order valence-electron chi connectivity index (χ0n) is 12.7. The molecule has 1 atom stereocenters. The van der Waals surface area contributed by atoms with Crippen molar-refractivity contribution in [2.75, 3.05) is 0 Å². The van der Waals surface area contributed by atoms with Gasteiger partial charge in [-0.15, -0.1) is 0 Å².